The predicted octanol–water partition coefficient (Wildman–Crippen LogP) is 1.29. The van der Waals surface area contributed by atoms with Gasteiger partial charge in [-0.05, 0) is 24.3 Å². The summed E-state index contributed by atoms with van der Waals surface area (Å²) < 4.78 is 10.7. The Balaban J connectivity index is 1.71. The van der Waals surface area contributed by atoms with Crippen molar-refractivity contribution in [2.24, 2.45) is 5.73 Å². The van der Waals surface area contributed by atoms with E-state index in [4.69, 9.17) is 15.2 Å². The third-order valence-corrected chi connectivity index (χ3v) is 4.80. The first-order valence-corrected chi connectivity index (χ1v) is 9.59. The molecule has 30 heavy (non-hydrogen) atoms. The molecule has 3 amide bonds. The smallest absolute Gasteiger partial charge is 0.259 e. The molecule has 2 aromatic rings. The Labute approximate surface area is 174 Å². The number of nitrogens with two attached hydrogens (primary N) is 1. The molecule has 0 saturated carbocycles. The zero-order chi connectivity index (χ0) is 21.5. The lowest BCUT2D eigenvalue weighted by Crippen LogP contribution is -2.50. The summed E-state index contributed by atoms with van der Waals surface area (Å²) in [5.41, 5.74) is 5.87. The van der Waals surface area contributed by atoms with Crippen LogP contribution in [0.4, 0.5) is 0 Å². The fraction of sp³-hybridized carbons (Fsp3) is 0.333. The minimum Gasteiger partial charge on any atom is -0.437 e. The Bertz CT molecular complexity index is 925. The molecule has 9 heteroatoms. The first-order chi connectivity index (χ1) is 14.5. The Hall–Kier alpha value is -3.46. The molecule has 1 aromatic heterocycles. The molecular formula is C21H24N4O5. The highest BCUT2D eigenvalue weighted by atomic mass is 16.5. The van der Waals surface area contributed by atoms with Crippen LogP contribution in [-0.2, 0) is 9.53 Å². The van der Waals surface area contributed by atoms with Gasteiger partial charge in [0.15, 0.2) is 0 Å². The van der Waals surface area contributed by atoms with Gasteiger partial charge in [0.05, 0.1) is 18.6 Å². The number of para-hydroxylation sites is 1. The third kappa shape index (κ3) is 4.93. The average molecular weight is 412 g/mol. The molecule has 0 bridgehead atoms. The van der Waals surface area contributed by atoms with Gasteiger partial charge in [-0.25, -0.2) is 4.98 Å². The van der Waals surface area contributed by atoms with Gasteiger partial charge in [0.2, 0.25) is 11.8 Å². The van der Waals surface area contributed by atoms with Crippen LogP contribution in [-0.4, -0.2) is 72.4 Å². The highest BCUT2D eigenvalue weighted by molar-refractivity contribution is 5.97. The highest BCUT2D eigenvalue weighted by Crippen LogP contribution is 2.27. The number of benzene rings is 1. The average Bonchev–Trinajstić information content (AvgIpc) is 2.77. The van der Waals surface area contributed by atoms with Gasteiger partial charge in [-0.3, -0.25) is 14.4 Å². The summed E-state index contributed by atoms with van der Waals surface area (Å²) in [6.07, 6.45) is 1.83. The fourth-order valence-corrected chi connectivity index (χ4v) is 3.18. The van der Waals surface area contributed by atoms with Crippen molar-refractivity contribution in [1.82, 2.24) is 14.8 Å². The SMILES string of the molecule is COCCC(=O)N1CCN(C(=O)c2cccnc2Oc2ccccc2C(N)=O)CC1. The van der Waals surface area contributed by atoms with Crippen LogP contribution >= 0.6 is 0 Å². The fourth-order valence-electron chi connectivity index (χ4n) is 3.18. The lowest BCUT2D eigenvalue weighted by molar-refractivity contribution is -0.133. The molecule has 0 unspecified atom stereocenters. The van der Waals surface area contributed by atoms with E-state index in [9.17, 15) is 14.4 Å². The summed E-state index contributed by atoms with van der Waals surface area (Å²) in [5, 5.41) is 0. The number of hydrogen-bond donors (Lipinski definition) is 1. The number of primary amides is 1. The summed E-state index contributed by atoms with van der Waals surface area (Å²) in [6.45, 7) is 2.10. The number of nitrogens with zero attached hydrogens (tertiary/aromatic N) is 3. The van der Waals surface area contributed by atoms with Crippen molar-refractivity contribution >= 4 is 17.7 Å². The number of hydrogen-bond acceptors (Lipinski definition) is 6. The third-order valence-electron chi connectivity index (χ3n) is 4.80. The van der Waals surface area contributed by atoms with E-state index in [-0.39, 0.29) is 34.6 Å². The van der Waals surface area contributed by atoms with Crippen molar-refractivity contribution in [2.75, 3.05) is 39.9 Å². The van der Waals surface area contributed by atoms with E-state index in [2.05, 4.69) is 4.98 Å². The summed E-state index contributed by atoms with van der Waals surface area (Å²) >= 11 is 0. The van der Waals surface area contributed by atoms with E-state index >= 15 is 0 Å². The molecular weight excluding hydrogens is 388 g/mol. The maximum atomic E-state index is 13.1. The Morgan fingerprint density at radius 2 is 1.67 bits per heavy atom. The predicted molar refractivity (Wildman–Crippen MR) is 108 cm³/mol. The molecule has 0 aliphatic carbocycles. The monoisotopic (exact) mass is 412 g/mol. The maximum Gasteiger partial charge on any atom is 0.259 e. The molecule has 1 aromatic carbocycles. The largest absolute Gasteiger partial charge is 0.437 e. The highest BCUT2D eigenvalue weighted by Gasteiger charge is 2.27. The molecule has 0 spiro atoms. The van der Waals surface area contributed by atoms with Gasteiger partial charge >= 0.3 is 0 Å². The molecule has 1 fully saturated rings. The number of aromatic nitrogens is 1. The van der Waals surface area contributed by atoms with Crippen molar-refractivity contribution in [3.05, 3.63) is 53.7 Å². The van der Waals surface area contributed by atoms with Gasteiger partial charge in [-0.2, -0.15) is 0 Å². The van der Waals surface area contributed by atoms with E-state index in [0.29, 0.717) is 39.2 Å². The summed E-state index contributed by atoms with van der Waals surface area (Å²) in [4.78, 5) is 44.4. The van der Waals surface area contributed by atoms with Crippen LogP contribution in [0.3, 0.4) is 0 Å². The Kier molecular flexibility index (Phi) is 6.97. The number of pyridine rings is 1. The molecule has 2 heterocycles. The van der Waals surface area contributed by atoms with Crippen LogP contribution in [0, 0.1) is 0 Å². The molecule has 2 N–H and O–H groups in total. The maximum absolute atomic E-state index is 13.1. The molecule has 1 aliphatic rings. The Morgan fingerprint density at radius 3 is 2.37 bits per heavy atom. The van der Waals surface area contributed by atoms with Crippen LogP contribution < -0.4 is 10.5 Å². The van der Waals surface area contributed by atoms with E-state index in [1.54, 1.807) is 53.3 Å². The first kappa shape index (κ1) is 21.3. The number of carbonyl (C=O) groups excluding carboxylic acids is 3. The molecule has 0 atom stereocenters. The van der Waals surface area contributed by atoms with Gasteiger partial charge in [0, 0.05) is 39.5 Å². The molecule has 158 valence electrons. The summed E-state index contributed by atoms with van der Waals surface area (Å²) in [7, 11) is 1.55. The zero-order valence-electron chi connectivity index (χ0n) is 16.7. The topological polar surface area (TPSA) is 115 Å². The quantitative estimate of drug-likeness (QED) is 0.733. The van der Waals surface area contributed by atoms with Crippen molar-refractivity contribution in [3.8, 4) is 11.6 Å². The van der Waals surface area contributed by atoms with E-state index in [0.717, 1.165) is 0 Å². The van der Waals surface area contributed by atoms with Crippen LogP contribution in [0.15, 0.2) is 42.6 Å². The normalized spacial score (nSPS) is 13.8. The number of carbonyl (C=O) groups is 3. The van der Waals surface area contributed by atoms with Crippen molar-refractivity contribution in [3.63, 3.8) is 0 Å². The summed E-state index contributed by atoms with van der Waals surface area (Å²) in [6, 6.07) is 9.77. The van der Waals surface area contributed by atoms with E-state index in [1.165, 1.54) is 6.20 Å². The van der Waals surface area contributed by atoms with Crippen molar-refractivity contribution in [1.29, 1.82) is 0 Å². The van der Waals surface area contributed by atoms with Crippen LogP contribution in [0.2, 0.25) is 0 Å². The van der Waals surface area contributed by atoms with Crippen LogP contribution in [0.25, 0.3) is 0 Å². The second-order valence-electron chi connectivity index (χ2n) is 6.73. The first-order valence-electron chi connectivity index (χ1n) is 9.59. The molecule has 3 rings (SSSR count). The zero-order valence-corrected chi connectivity index (χ0v) is 16.7. The lowest BCUT2D eigenvalue weighted by atomic mass is 10.2. The van der Waals surface area contributed by atoms with Crippen LogP contribution in [0.5, 0.6) is 11.6 Å². The summed E-state index contributed by atoms with van der Waals surface area (Å²) in [5.74, 6) is -0.555. The van der Waals surface area contributed by atoms with Crippen molar-refractivity contribution < 1.29 is 23.9 Å². The molecule has 9 nitrogen and oxygen atoms in total. The van der Waals surface area contributed by atoms with Crippen molar-refractivity contribution in [2.45, 2.75) is 6.42 Å². The molecule has 1 saturated heterocycles. The van der Waals surface area contributed by atoms with E-state index in [1.807, 2.05) is 0 Å². The number of ether oxygens (including phenoxy) is 2. The minimum absolute atomic E-state index is 0.0115. The number of methoxy groups -OCH3 is 1. The van der Waals surface area contributed by atoms with Gasteiger partial charge in [0.1, 0.15) is 11.3 Å². The standard InChI is InChI=1S/C21H24N4O5/c1-29-14-8-18(26)24-10-12-25(13-11-24)21(28)16-6-4-9-23-20(16)30-17-7-3-2-5-15(17)19(22)27/h2-7,9H,8,10-14H2,1H3,(H2,22,27). The Morgan fingerprint density at radius 1 is 1.00 bits per heavy atom. The second kappa shape index (κ2) is 9.84. The minimum atomic E-state index is -0.635. The lowest BCUT2D eigenvalue weighted by Gasteiger charge is -2.35. The molecule has 0 radical (unpaired) electrons. The van der Waals surface area contributed by atoms with E-state index < -0.39 is 5.91 Å². The van der Waals surface area contributed by atoms with Gasteiger partial charge in [0.25, 0.3) is 11.8 Å². The second-order valence-corrected chi connectivity index (χ2v) is 6.73. The number of rotatable bonds is 7. The number of piperazine rings is 1. The van der Waals surface area contributed by atoms with Gasteiger partial charge in [-0.15, -0.1) is 0 Å². The molecule has 1 aliphatic heterocycles. The van der Waals surface area contributed by atoms with Gasteiger partial charge in [-0.1, -0.05) is 12.1 Å². The van der Waals surface area contributed by atoms with Gasteiger partial charge < -0.3 is 25.0 Å². The number of amides is 3. The van der Waals surface area contributed by atoms with Crippen LogP contribution in [0.1, 0.15) is 27.1 Å².